The Morgan fingerprint density at radius 2 is 2.17 bits per heavy atom. The number of aliphatic hydroxyl groups is 2. The molecule has 0 heterocycles. The van der Waals surface area contributed by atoms with Crippen molar-refractivity contribution in [3.63, 3.8) is 0 Å². The Balaban J connectivity index is 2.23. The number of hydrogen-bond acceptors (Lipinski definition) is 3. The topological polar surface area (TPSA) is 43.7 Å². The molecule has 0 aliphatic heterocycles. The van der Waals surface area contributed by atoms with Crippen LogP contribution in [0, 0.1) is 0 Å². The summed E-state index contributed by atoms with van der Waals surface area (Å²) in [5.41, 5.74) is 1.78. The van der Waals surface area contributed by atoms with E-state index in [1.165, 1.54) is 6.42 Å². The van der Waals surface area contributed by atoms with E-state index in [2.05, 4.69) is 4.90 Å². The Bertz CT molecular complexity index is 405. The van der Waals surface area contributed by atoms with E-state index in [9.17, 15) is 10.2 Å². The lowest BCUT2D eigenvalue weighted by atomic mass is 9.91. The van der Waals surface area contributed by atoms with Gasteiger partial charge in [-0.1, -0.05) is 17.7 Å². The molecule has 1 aromatic carbocycles. The summed E-state index contributed by atoms with van der Waals surface area (Å²) < 4.78 is 0. The van der Waals surface area contributed by atoms with Gasteiger partial charge in [-0.15, -0.1) is 0 Å². The zero-order chi connectivity index (χ0) is 13.1. The van der Waals surface area contributed by atoms with Crippen molar-refractivity contribution < 1.29 is 10.2 Å². The second-order valence-corrected chi connectivity index (χ2v) is 5.30. The summed E-state index contributed by atoms with van der Waals surface area (Å²) in [5, 5.41) is 19.4. The van der Waals surface area contributed by atoms with Crippen LogP contribution in [0.1, 0.15) is 37.9 Å². The normalized spacial score (nSPS) is 17.3. The van der Waals surface area contributed by atoms with Crippen LogP contribution in [0.4, 0.5) is 5.69 Å². The standard InChI is InChI=1S/C14H20ClNO2/c1-10(18)11-5-6-14(13(15)9-11)16(7-8-17)12-3-2-4-12/h5-6,9-10,12,17-18H,2-4,7-8H2,1H3. The molecule has 1 saturated carbocycles. The van der Waals surface area contributed by atoms with Crippen molar-refractivity contribution in [1.82, 2.24) is 0 Å². The fourth-order valence-electron chi connectivity index (χ4n) is 2.32. The molecule has 2 N–H and O–H groups in total. The summed E-state index contributed by atoms with van der Waals surface area (Å²) in [5.74, 6) is 0. The minimum Gasteiger partial charge on any atom is -0.395 e. The third-order valence-electron chi connectivity index (χ3n) is 3.62. The second-order valence-electron chi connectivity index (χ2n) is 4.89. The van der Waals surface area contributed by atoms with Gasteiger partial charge >= 0.3 is 0 Å². The van der Waals surface area contributed by atoms with Gasteiger partial charge in [-0.3, -0.25) is 0 Å². The lowest BCUT2D eigenvalue weighted by Gasteiger charge is -2.39. The van der Waals surface area contributed by atoms with Gasteiger partial charge in [0.1, 0.15) is 0 Å². The van der Waals surface area contributed by atoms with Crippen LogP contribution in [0.5, 0.6) is 0 Å². The molecule has 1 aliphatic carbocycles. The van der Waals surface area contributed by atoms with Crippen molar-refractivity contribution in [2.24, 2.45) is 0 Å². The maximum absolute atomic E-state index is 9.54. The Labute approximate surface area is 113 Å². The molecule has 18 heavy (non-hydrogen) atoms. The van der Waals surface area contributed by atoms with Crippen LogP contribution in [0.3, 0.4) is 0 Å². The first-order valence-electron chi connectivity index (χ1n) is 6.48. The molecule has 1 atom stereocenters. The molecule has 0 radical (unpaired) electrons. The molecular weight excluding hydrogens is 250 g/mol. The van der Waals surface area contributed by atoms with Crippen molar-refractivity contribution in [3.05, 3.63) is 28.8 Å². The smallest absolute Gasteiger partial charge is 0.0762 e. The zero-order valence-electron chi connectivity index (χ0n) is 10.6. The molecule has 0 spiro atoms. The van der Waals surface area contributed by atoms with Gasteiger partial charge in [0.2, 0.25) is 0 Å². The minimum atomic E-state index is -0.508. The van der Waals surface area contributed by atoms with Crippen molar-refractivity contribution in [2.45, 2.75) is 38.3 Å². The summed E-state index contributed by atoms with van der Waals surface area (Å²) in [7, 11) is 0. The van der Waals surface area contributed by atoms with E-state index in [-0.39, 0.29) is 6.61 Å². The van der Waals surface area contributed by atoms with Crippen LogP contribution in [-0.2, 0) is 0 Å². The fourth-order valence-corrected chi connectivity index (χ4v) is 2.62. The maximum atomic E-state index is 9.54. The molecule has 4 heteroatoms. The van der Waals surface area contributed by atoms with Crippen LogP contribution in [0.15, 0.2) is 18.2 Å². The van der Waals surface area contributed by atoms with E-state index in [1.54, 1.807) is 6.92 Å². The molecule has 2 rings (SSSR count). The van der Waals surface area contributed by atoms with Gasteiger partial charge in [0.15, 0.2) is 0 Å². The van der Waals surface area contributed by atoms with Gasteiger partial charge in [-0.2, -0.15) is 0 Å². The molecule has 1 aromatic rings. The van der Waals surface area contributed by atoms with Crippen LogP contribution in [0.25, 0.3) is 0 Å². The highest BCUT2D eigenvalue weighted by molar-refractivity contribution is 6.33. The van der Waals surface area contributed by atoms with E-state index >= 15 is 0 Å². The van der Waals surface area contributed by atoms with Crippen molar-refractivity contribution in [2.75, 3.05) is 18.1 Å². The average Bonchev–Trinajstić information content (AvgIpc) is 2.26. The van der Waals surface area contributed by atoms with Crippen molar-refractivity contribution >= 4 is 17.3 Å². The first kappa shape index (κ1) is 13.7. The minimum absolute atomic E-state index is 0.130. The number of aliphatic hydroxyl groups excluding tert-OH is 2. The molecule has 1 fully saturated rings. The summed E-state index contributed by atoms with van der Waals surface area (Å²) in [4.78, 5) is 2.18. The van der Waals surface area contributed by atoms with Gasteiger partial charge in [-0.05, 0) is 43.9 Å². The van der Waals surface area contributed by atoms with Crippen LogP contribution in [0.2, 0.25) is 5.02 Å². The van der Waals surface area contributed by atoms with Gasteiger partial charge < -0.3 is 15.1 Å². The second kappa shape index (κ2) is 5.91. The van der Waals surface area contributed by atoms with Crippen LogP contribution in [-0.4, -0.2) is 29.4 Å². The Morgan fingerprint density at radius 3 is 2.61 bits per heavy atom. The van der Waals surface area contributed by atoms with Gasteiger partial charge in [0.25, 0.3) is 0 Å². The first-order chi connectivity index (χ1) is 8.63. The molecule has 0 aromatic heterocycles. The monoisotopic (exact) mass is 269 g/mol. The number of anilines is 1. The van der Waals surface area contributed by atoms with Crippen LogP contribution >= 0.6 is 11.6 Å². The quantitative estimate of drug-likeness (QED) is 0.864. The SMILES string of the molecule is CC(O)c1ccc(N(CCO)C2CCC2)c(Cl)c1. The molecule has 0 amide bonds. The maximum Gasteiger partial charge on any atom is 0.0762 e. The molecule has 1 unspecified atom stereocenters. The summed E-state index contributed by atoms with van der Waals surface area (Å²) >= 11 is 6.29. The van der Waals surface area contributed by atoms with Gasteiger partial charge in [0, 0.05) is 12.6 Å². The molecule has 0 saturated heterocycles. The number of halogens is 1. The fraction of sp³-hybridized carbons (Fsp3) is 0.571. The Hall–Kier alpha value is -0.770. The van der Waals surface area contributed by atoms with E-state index in [0.717, 1.165) is 24.1 Å². The van der Waals surface area contributed by atoms with E-state index in [4.69, 9.17) is 11.6 Å². The Morgan fingerprint density at radius 1 is 1.44 bits per heavy atom. The molecular formula is C14H20ClNO2. The highest BCUT2D eigenvalue weighted by Crippen LogP contribution is 2.35. The highest BCUT2D eigenvalue weighted by Gasteiger charge is 2.26. The number of hydrogen-bond donors (Lipinski definition) is 2. The average molecular weight is 270 g/mol. The number of benzene rings is 1. The van der Waals surface area contributed by atoms with E-state index < -0.39 is 6.10 Å². The highest BCUT2D eigenvalue weighted by atomic mass is 35.5. The Kier molecular flexibility index (Phi) is 4.49. The summed E-state index contributed by atoms with van der Waals surface area (Å²) in [6, 6.07) is 6.14. The summed E-state index contributed by atoms with van der Waals surface area (Å²) in [6.07, 6.45) is 3.06. The number of nitrogens with zero attached hydrogens (tertiary/aromatic N) is 1. The van der Waals surface area contributed by atoms with Crippen LogP contribution < -0.4 is 4.90 Å². The lowest BCUT2D eigenvalue weighted by Crippen LogP contribution is -2.42. The molecule has 3 nitrogen and oxygen atoms in total. The first-order valence-corrected chi connectivity index (χ1v) is 6.86. The zero-order valence-corrected chi connectivity index (χ0v) is 11.4. The van der Waals surface area contributed by atoms with E-state index in [1.807, 2.05) is 18.2 Å². The van der Waals surface area contributed by atoms with Crippen molar-refractivity contribution in [1.29, 1.82) is 0 Å². The van der Waals surface area contributed by atoms with E-state index in [0.29, 0.717) is 17.6 Å². The summed E-state index contributed by atoms with van der Waals surface area (Å²) in [6.45, 7) is 2.46. The molecule has 100 valence electrons. The lowest BCUT2D eigenvalue weighted by molar-refractivity contribution is 0.199. The number of rotatable bonds is 5. The third kappa shape index (κ3) is 2.79. The van der Waals surface area contributed by atoms with Gasteiger partial charge in [-0.25, -0.2) is 0 Å². The predicted molar refractivity (Wildman–Crippen MR) is 74.2 cm³/mol. The third-order valence-corrected chi connectivity index (χ3v) is 3.92. The van der Waals surface area contributed by atoms with Crippen molar-refractivity contribution in [3.8, 4) is 0 Å². The largest absolute Gasteiger partial charge is 0.395 e. The predicted octanol–water partition coefficient (Wildman–Crippen LogP) is 2.74. The van der Waals surface area contributed by atoms with Gasteiger partial charge in [0.05, 0.1) is 23.4 Å². The molecule has 1 aliphatic rings. The molecule has 0 bridgehead atoms.